The standard InChI is InChI=1S/C9H8BrFO3/c1-13-8(12)6-3-2-4-7(5-6)14-9(10)11/h2-5,9H,1H3. The topological polar surface area (TPSA) is 35.5 Å². The molecule has 14 heavy (non-hydrogen) atoms. The number of ether oxygens (including phenoxy) is 2. The Morgan fingerprint density at radius 1 is 1.57 bits per heavy atom. The second-order valence-corrected chi connectivity index (χ2v) is 3.12. The third-order valence-electron chi connectivity index (χ3n) is 1.48. The van der Waals surface area contributed by atoms with Crippen LogP contribution in [0.15, 0.2) is 24.3 Å². The van der Waals surface area contributed by atoms with E-state index < -0.39 is 11.2 Å². The maximum atomic E-state index is 12.4. The van der Waals surface area contributed by atoms with E-state index in [4.69, 9.17) is 4.74 Å². The van der Waals surface area contributed by atoms with Gasteiger partial charge in [0.25, 0.3) is 5.27 Å². The van der Waals surface area contributed by atoms with Crippen LogP contribution in [0.5, 0.6) is 5.75 Å². The number of carbonyl (C=O) groups is 1. The van der Waals surface area contributed by atoms with E-state index in [1.165, 1.54) is 13.2 Å². The molecule has 0 aliphatic rings. The number of rotatable bonds is 3. The van der Waals surface area contributed by atoms with Crippen LogP contribution in [-0.2, 0) is 4.74 Å². The van der Waals surface area contributed by atoms with Gasteiger partial charge in [-0.05, 0) is 34.1 Å². The van der Waals surface area contributed by atoms with Crippen molar-refractivity contribution in [3.05, 3.63) is 29.8 Å². The van der Waals surface area contributed by atoms with Crippen LogP contribution < -0.4 is 4.74 Å². The van der Waals surface area contributed by atoms with E-state index in [2.05, 4.69) is 20.7 Å². The lowest BCUT2D eigenvalue weighted by molar-refractivity contribution is 0.0599. The number of carbonyl (C=O) groups excluding carboxylic acids is 1. The molecule has 0 aliphatic carbocycles. The minimum absolute atomic E-state index is 0.261. The Hall–Kier alpha value is -1.10. The first kappa shape index (κ1) is 11.0. The summed E-state index contributed by atoms with van der Waals surface area (Å²) in [5.41, 5.74) is 0.318. The predicted octanol–water partition coefficient (Wildman–Crippen LogP) is 2.50. The first-order chi connectivity index (χ1) is 6.63. The molecule has 76 valence electrons. The van der Waals surface area contributed by atoms with Gasteiger partial charge < -0.3 is 9.47 Å². The number of hydrogen-bond donors (Lipinski definition) is 0. The molecule has 0 saturated heterocycles. The van der Waals surface area contributed by atoms with E-state index in [0.29, 0.717) is 5.56 Å². The molecular weight excluding hydrogens is 255 g/mol. The lowest BCUT2D eigenvalue weighted by Crippen LogP contribution is -2.03. The highest BCUT2D eigenvalue weighted by molar-refractivity contribution is 9.09. The molecule has 1 aromatic rings. The summed E-state index contributed by atoms with van der Waals surface area (Å²) in [5.74, 6) is -0.224. The van der Waals surface area contributed by atoms with Gasteiger partial charge >= 0.3 is 5.97 Å². The third kappa shape index (κ3) is 2.99. The molecular formula is C9H8BrFO3. The minimum Gasteiger partial charge on any atom is -0.465 e. The Morgan fingerprint density at radius 3 is 2.86 bits per heavy atom. The zero-order valence-electron chi connectivity index (χ0n) is 7.37. The van der Waals surface area contributed by atoms with Gasteiger partial charge in [0.2, 0.25) is 0 Å². The molecule has 3 nitrogen and oxygen atoms in total. The van der Waals surface area contributed by atoms with Crippen molar-refractivity contribution >= 4 is 21.9 Å². The fourth-order valence-corrected chi connectivity index (χ4v) is 1.13. The zero-order chi connectivity index (χ0) is 10.6. The van der Waals surface area contributed by atoms with Crippen molar-refractivity contribution in [2.45, 2.75) is 5.27 Å². The van der Waals surface area contributed by atoms with Gasteiger partial charge in [-0.15, -0.1) is 0 Å². The molecule has 0 heterocycles. The fraction of sp³-hybridized carbons (Fsp3) is 0.222. The minimum atomic E-state index is -1.59. The van der Waals surface area contributed by atoms with E-state index >= 15 is 0 Å². The van der Waals surface area contributed by atoms with Crippen LogP contribution in [0.2, 0.25) is 0 Å². The van der Waals surface area contributed by atoms with Crippen LogP contribution in [0.1, 0.15) is 10.4 Å². The molecule has 0 saturated carbocycles. The van der Waals surface area contributed by atoms with Crippen LogP contribution in [0.4, 0.5) is 4.39 Å². The molecule has 0 spiro atoms. The Kier molecular flexibility index (Phi) is 3.88. The maximum absolute atomic E-state index is 12.4. The Bertz CT molecular complexity index is 328. The lowest BCUT2D eigenvalue weighted by atomic mass is 10.2. The molecule has 1 rings (SSSR count). The quantitative estimate of drug-likeness (QED) is 0.620. The Labute approximate surface area is 88.9 Å². The predicted molar refractivity (Wildman–Crippen MR) is 52.2 cm³/mol. The molecule has 0 aromatic heterocycles. The van der Waals surface area contributed by atoms with E-state index in [1.54, 1.807) is 18.2 Å². The summed E-state index contributed by atoms with van der Waals surface area (Å²) in [5, 5.41) is -1.59. The highest BCUT2D eigenvalue weighted by Crippen LogP contribution is 2.17. The van der Waals surface area contributed by atoms with Crippen molar-refractivity contribution in [2.75, 3.05) is 7.11 Å². The van der Waals surface area contributed by atoms with Gasteiger partial charge in [-0.2, -0.15) is 4.39 Å². The van der Waals surface area contributed by atoms with Gasteiger partial charge in [-0.1, -0.05) is 6.07 Å². The number of alkyl halides is 2. The van der Waals surface area contributed by atoms with Crippen molar-refractivity contribution in [1.82, 2.24) is 0 Å². The molecule has 1 atom stereocenters. The molecule has 0 fully saturated rings. The lowest BCUT2D eigenvalue weighted by Gasteiger charge is -2.06. The van der Waals surface area contributed by atoms with Gasteiger partial charge in [0.05, 0.1) is 12.7 Å². The van der Waals surface area contributed by atoms with Crippen molar-refractivity contribution in [3.8, 4) is 5.75 Å². The number of benzene rings is 1. The van der Waals surface area contributed by atoms with Gasteiger partial charge in [0.15, 0.2) is 0 Å². The first-order valence-corrected chi connectivity index (χ1v) is 4.68. The molecule has 5 heteroatoms. The summed E-state index contributed by atoms with van der Waals surface area (Å²) in [6, 6.07) is 6.08. The Balaban J connectivity index is 2.84. The largest absolute Gasteiger partial charge is 0.465 e. The van der Waals surface area contributed by atoms with Crippen molar-refractivity contribution in [3.63, 3.8) is 0 Å². The molecule has 1 aromatic carbocycles. The van der Waals surface area contributed by atoms with Crippen LogP contribution in [0.3, 0.4) is 0 Å². The van der Waals surface area contributed by atoms with Crippen LogP contribution in [-0.4, -0.2) is 18.3 Å². The number of hydrogen-bond acceptors (Lipinski definition) is 3. The average molecular weight is 263 g/mol. The van der Waals surface area contributed by atoms with Crippen LogP contribution in [0, 0.1) is 0 Å². The molecule has 0 radical (unpaired) electrons. The summed E-state index contributed by atoms with van der Waals surface area (Å²) in [6.07, 6.45) is 0. The smallest absolute Gasteiger partial charge is 0.337 e. The maximum Gasteiger partial charge on any atom is 0.337 e. The Morgan fingerprint density at radius 2 is 2.29 bits per heavy atom. The summed E-state index contributed by atoms with van der Waals surface area (Å²) in [4.78, 5) is 11.1. The number of halogens is 2. The number of methoxy groups -OCH3 is 1. The number of esters is 1. The van der Waals surface area contributed by atoms with Crippen LogP contribution >= 0.6 is 15.9 Å². The molecule has 0 N–H and O–H groups in total. The second kappa shape index (κ2) is 4.95. The summed E-state index contributed by atoms with van der Waals surface area (Å²) in [6.45, 7) is 0. The van der Waals surface area contributed by atoms with E-state index in [9.17, 15) is 9.18 Å². The average Bonchev–Trinajstić information content (AvgIpc) is 2.16. The van der Waals surface area contributed by atoms with Gasteiger partial charge in [0.1, 0.15) is 5.75 Å². The van der Waals surface area contributed by atoms with Gasteiger partial charge in [-0.3, -0.25) is 0 Å². The summed E-state index contributed by atoms with van der Waals surface area (Å²) >= 11 is 2.58. The summed E-state index contributed by atoms with van der Waals surface area (Å²) < 4.78 is 21.6. The van der Waals surface area contributed by atoms with Gasteiger partial charge in [0, 0.05) is 0 Å². The highest BCUT2D eigenvalue weighted by atomic mass is 79.9. The molecule has 0 bridgehead atoms. The second-order valence-electron chi connectivity index (χ2n) is 2.40. The van der Waals surface area contributed by atoms with Crippen LogP contribution in [0.25, 0.3) is 0 Å². The zero-order valence-corrected chi connectivity index (χ0v) is 8.95. The monoisotopic (exact) mass is 262 g/mol. The van der Waals surface area contributed by atoms with Crippen molar-refractivity contribution in [2.24, 2.45) is 0 Å². The van der Waals surface area contributed by atoms with E-state index in [-0.39, 0.29) is 5.75 Å². The molecule has 1 unspecified atom stereocenters. The normalized spacial score (nSPS) is 11.9. The molecule has 0 aliphatic heterocycles. The fourth-order valence-electron chi connectivity index (χ4n) is 0.917. The molecule has 0 amide bonds. The highest BCUT2D eigenvalue weighted by Gasteiger charge is 2.07. The van der Waals surface area contributed by atoms with Crippen molar-refractivity contribution < 1.29 is 18.7 Å². The van der Waals surface area contributed by atoms with E-state index in [0.717, 1.165) is 0 Å². The van der Waals surface area contributed by atoms with Crippen molar-refractivity contribution in [1.29, 1.82) is 0 Å². The first-order valence-electron chi connectivity index (χ1n) is 3.76. The third-order valence-corrected chi connectivity index (χ3v) is 1.67. The van der Waals surface area contributed by atoms with Gasteiger partial charge in [-0.25, -0.2) is 4.79 Å². The van der Waals surface area contributed by atoms with E-state index in [1.807, 2.05) is 0 Å². The summed E-state index contributed by atoms with van der Waals surface area (Å²) in [7, 11) is 1.28. The SMILES string of the molecule is COC(=O)c1cccc(OC(F)Br)c1.